The summed E-state index contributed by atoms with van der Waals surface area (Å²) in [6.07, 6.45) is 5.18. The van der Waals surface area contributed by atoms with Crippen molar-refractivity contribution in [3.05, 3.63) is 69.3 Å². The second-order valence-electron chi connectivity index (χ2n) is 7.62. The highest BCUT2D eigenvalue weighted by atomic mass is 79.9. The zero-order chi connectivity index (χ0) is 24.2. The lowest BCUT2D eigenvalue weighted by Gasteiger charge is -2.13. The number of methoxy groups -OCH3 is 2. The van der Waals surface area contributed by atoms with Crippen LogP contribution in [0.25, 0.3) is 0 Å². The van der Waals surface area contributed by atoms with Gasteiger partial charge in [0, 0.05) is 40.5 Å². The van der Waals surface area contributed by atoms with E-state index in [0.29, 0.717) is 57.1 Å². The first-order chi connectivity index (χ1) is 16.4. The van der Waals surface area contributed by atoms with Crippen LogP contribution in [0.5, 0.6) is 11.5 Å². The van der Waals surface area contributed by atoms with Gasteiger partial charge in [-0.05, 0) is 53.9 Å². The molecule has 0 bridgehead atoms. The summed E-state index contributed by atoms with van der Waals surface area (Å²) in [7, 11) is 3.07. The third-order valence-electron chi connectivity index (χ3n) is 5.45. The van der Waals surface area contributed by atoms with Gasteiger partial charge in [0.15, 0.2) is 5.76 Å². The molecule has 2 heterocycles. The minimum Gasteiger partial charge on any atom is -0.497 e. The van der Waals surface area contributed by atoms with Crippen LogP contribution in [0.3, 0.4) is 0 Å². The van der Waals surface area contributed by atoms with Crippen LogP contribution in [0.15, 0.2) is 50.7 Å². The number of carbonyl (C=O) groups is 2. The number of nitrogens with one attached hydrogen (secondary N) is 2. The number of halogens is 1. The van der Waals surface area contributed by atoms with Crippen molar-refractivity contribution in [3.63, 3.8) is 0 Å². The van der Waals surface area contributed by atoms with E-state index in [-0.39, 0.29) is 11.7 Å². The van der Waals surface area contributed by atoms with Crippen LogP contribution in [0, 0.1) is 6.92 Å². The summed E-state index contributed by atoms with van der Waals surface area (Å²) in [5, 5.41) is 7.18. The number of furan rings is 1. The highest BCUT2D eigenvalue weighted by molar-refractivity contribution is 9.10. The van der Waals surface area contributed by atoms with Crippen molar-refractivity contribution >= 4 is 39.1 Å². The molecule has 0 fully saturated rings. The molecule has 3 aromatic rings. The summed E-state index contributed by atoms with van der Waals surface area (Å²) in [5.41, 5.74) is 5.54. The molecule has 0 aliphatic heterocycles. The van der Waals surface area contributed by atoms with Crippen molar-refractivity contribution in [2.45, 2.75) is 26.2 Å². The number of amides is 2. The molecule has 0 saturated carbocycles. The van der Waals surface area contributed by atoms with Crippen molar-refractivity contribution in [2.24, 2.45) is 5.10 Å². The number of carbonyl (C=O) groups excluding carboxylic acids is 2. The third-order valence-corrected chi connectivity index (χ3v) is 5.88. The Labute approximate surface area is 204 Å². The first-order valence-electron chi connectivity index (χ1n) is 10.5. The minimum atomic E-state index is -0.404. The van der Waals surface area contributed by atoms with Gasteiger partial charge in [0.25, 0.3) is 11.8 Å². The van der Waals surface area contributed by atoms with E-state index < -0.39 is 5.91 Å². The minimum absolute atomic E-state index is 0.194. The average Bonchev–Trinajstić information content (AvgIpc) is 3.19. The Bertz CT molecular complexity index is 1280. The zero-order valence-corrected chi connectivity index (χ0v) is 20.5. The number of hydrazone groups is 1. The predicted octanol–water partition coefficient (Wildman–Crippen LogP) is 4.49. The van der Waals surface area contributed by atoms with Gasteiger partial charge in [0.2, 0.25) is 0 Å². The van der Waals surface area contributed by atoms with Gasteiger partial charge < -0.3 is 19.2 Å². The summed E-state index contributed by atoms with van der Waals surface area (Å²) in [6.45, 7) is 1.81. The lowest BCUT2D eigenvalue weighted by atomic mass is 9.93. The molecule has 2 aromatic heterocycles. The predicted molar refractivity (Wildman–Crippen MR) is 130 cm³/mol. The monoisotopic (exact) mass is 526 g/mol. The Morgan fingerprint density at radius 1 is 1.12 bits per heavy atom. The van der Waals surface area contributed by atoms with E-state index in [0.717, 1.165) is 12.0 Å². The summed E-state index contributed by atoms with van der Waals surface area (Å²) in [4.78, 5) is 29.5. The highest BCUT2D eigenvalue weighted by Gasteiger charge is 2.28. The van der Waals surface area contributed by atoms with Gasteiger partial charge in [0.05, 0.1) is 31.2 Å². The largest absolute Gasteiger partial charge is 0.497 e. The lowest BCUT2D eigenvalue weighted by Crippen LogP contribution is -2.22. The van der Waals surface area contributed by atoms with Gasteiger partial charge >= 0.3 is 0 Å². The van der Waals surface area contributed by atoms with Gasteiger partial charge in [-0.1, -0.05) is 0 Å². The Balaban J connectivity index is 1.57. The third kappa shape index (κ3) is 4.81. The maximum absolute atomic E-state index is 13.1. The molecule has 34 heavy (non-hydrogen) atoms. The lowest BCUT2D eigenvalue weighted by molar-refractivity contribution is 0.0953. The van der Waals surface area contributed by atoms with Crippen molar-refractivity contribution < 1.29 is 23.5 Å². The van der Waals surface area contributed by atoms with Crippen molar-refractivity contribution in [1.82, 2.24) is 10.4 Å². The Hall–Kier alpha value is -3.66. The first kappa shape index (κ1) is 23.5. The number of hydrogen-bond acceptors (Lipinski definition) is 7. The zero-order valence-electron chi connectivity index (χ0n) is 18.9. The number of anilines is 1. The number of nitrogens with zero attached hydrogens (tertiary/aromatic N) is 2. The summed E-state index contributed by atoms with van der Waals surface area (Å²) in [6, 6.07) is 6.77. The molecule has 2 amide bonds. The molecule has 4 rings (SSSR count). The van der Waals surface area contributed by atoms with Gasteiger partial charge in [0.1, 0.15) is 17.3 Å². The van der Waals surface area contributed by atoms with Crippen LogP contribution in [0.2, 0.25) is 0 Å². The van der Waals surface area contributed by atoms with E-state index in [2.05, 4.69) is 36.8 Å². The molecular weight excluding hydrogens is 504 g/mol. The van der Waals surface area contributed by atoms with E-state index in [1.165, 1.54) is 13.3 Å². The van der Waals surface area contributed by atoms with Gasteiger partial charge in [-0.2, -0.15) is 5.10 Å². The molecule has 1 aliphatic carbocycles. The maximum atomic E-state index is 13.1. The summed E-state index contributed by atoms with van der Waals surface area (Å²) in [5.74, 6) is 1.17. The fraction of sp³-hybridized carbons (Fsp3) is 0.250. The number of hydrogen-bond donors (Lipinski definition) is 2. The number of fused-ring (bicyclic) bond motifs is 1. The number of benzene rings is 1. The smallest absolute Gasteiger partial charge is 0.291 e. The van der Waals surface area contributed by atoms with E-state index in [9.17, 15) is 9.59 Å². The standard InChI is InChI=1S/C24H23BrN4O5/c1-13-21-18(28-29-23(30)14-9-15(25)12-26-11-14)5-4-6-19(21)34-22(13)24(31)27-17-8-7-16(32-2)10-20(17)33-3/h7-12H,4-6H2,1-3H3,(H,27,31)(H,29,30)/b28-18+. The van der Waals surface area contributed by atoms with E-state index >= 15 is 0 Å². The van der Waals surface area contributed by atoms with Crippen molar-refractivity contribution in [1.29, 1.82) is 0 Å². The molecule has 9 nitrogen and oxygen atoms in total. The number of aryl methyl sites for hydroxylation is 1. The Kier molecular flexibility index (Phi) is 6.97. The van der Waals surface area contributed by atoms with Crippen molar-refractivity contribution in [3.8, 4) is 11.5 Å². The van der Waals surface area contributed by atoms with Gasteiger partial charge in [-0.3, -0.25) is 14.6 Å². The number of rotatable bonds is 6. The van der Waals surface area contributed by atoms with E-state index in [1.54, 1.807) is 37.6 Å². The second-order valence-corrected chi connectivity index (χ2v) is 8.54. The molecule has 0 spiro atoms. The molecule has 0 atom stereocenters. The van der Waals surface area contributed by atoms with Crippen LogP contribution < -0.4 is 20.2 Å². The van der Waals surface area contributed by atoms with Crippen LogP contribution in [0.1, 0.15) is 50.6 Å². The van der Waals surface area contributed by atoms with E-state index in [4.69, 9.17) is 13.9 Å². The fourth-order valence-electron chi connectivity index (χ4n) is 3.80. The Morgan fingerprint density at radius 3 is 2.68 bits per heavy atom. The van der Waals surface area contributed by atoms with Crippen LogP contribution in [-0.4, -0.2) is 36.7 Å². The average molecular weight is 527 g/mol. The second kappa shape index (κ2) is 10.1. The van der Waals surface area contributed by atoms with Crippen LogP contribution >= 0.6 is 15.9 Å². The SMILES string of the molecule is COc1ccc(NC(=O)c2oc3c(c2C)/C(=N/NC(=O)c2cncc(Br)c2)CCC3)c(OC)c1. The highest BCUT2D eigenvalue weighted by Crippen LogP contribution is 2.32. The number of ether oxygens (including phenoxy) is 2. The molecule has 1 aliphatic rings. The summed E-state index contributed by atoms with van der Waals surface area (Å²) >= 11 is 3.30. The maximum Gasteiger partial charge on any atom is 0.291 e. The van der Waals surface area contributed by atoms with Gasteiger partial charge in [-0.15, -0.1) is 0 Å². The molecule has 2 N–H and O–H groups in total. The molecule has 0 radical (unpaired) electrons. The molecule has 0 unspecified atom stereocenters. The molecule has 0 saturated heterocycles. The first-order valence-corrected chi connectivity index (χ1v) is 11.3. The van der Waals surface area contributed by atoms with Crippen LogP contribution in [-0.2, 0) is 6.42 Å². The quantitative estimate of drug-likeness (QED) is 0.457. The van der Waals surface area contributed by atoms with Gasteiger partial charge in [-0.25, -0.2) is 5.43 Å². The molecule has 10 heteroatoms. The fourth-order valence-corrected chi connectivity index (χ4v) is 4.16. The number of aromatic nitrogens is 1. The molecule has 1 aromatic carbocycles. The van der Waals surface area contributed by atoms with E-state index in [1.807, 2.05) is 6.92 Å². The Morgan fingerprint density at radius 2 is 1.94 bits per heavy atom. The molecule has 176 valence electrons. The summed E-state index contributed by atoms with van der Waals surface area (Å²) < 4.78 is 17.2. The number of pyridine rings is 1. The normalized spacial score (nSPS) is 13.8. The van der Waals surface area contributed by atoms with Crippen molar-refractivity contribution in [2.75, 3.05) is 19.5 Å². The topological polar surface area (TPSA) is 115 Å². The molecular formula is C24H23BrN4O5. The van der Waals surface area contributed by atoms with Crippen LogP contribution in [0.4, 0.5) is 5.69 Å².